The van der Waals surface area contributed by atoms with Gasteiger partial charge in [0.1, 0.15) is 0 Å². The van der Waals surface area contributed by atoms with E-state index in [0.29, 0.717) is 5.82 Å². The molecule has 1 N–H and O–H groups in total. The highest BCUT2D eigenvalue weighted by atomic mass is 16.1. The normalized spacial score (nSPS) is 10.2. The van der Waals surface area contributed by atoms with Crippen LogP contribution in [0.25, 0.3) is 0 Å². The summed E-state index contributed by atoms with van der Waals surface area (Å²) < 4.78 is 0. The number of carbonyl (C=O) groups excluding carboxylic acids is 1. The van der Waals surface area contributed by atoms with Crippen LogP contribution in [0.5, 0.6) is 0 Å². The van der Waals surface area contributed by atoms with Gasteiger partial charge in [-0.25, -0.2) is 0 Å². The van der Waals surface area contributed by atoms with Crippen LogP contribution in [0.3, 0.4) is 0 Å². The largest absolute Gasteiger partial charge is 0.328 e. The lowest BCUT2D eigenvalue weighted by molar-refractivity contribution is 0.102. The van der Waals surface area contributed by atoms with Gasteiger partial charge < -0.3 is 10.2 Å². The molecule has 0 radical (unpaired) electrons. The first-order chi connectivity index (χ1) is 11.6. The standard InChI is InChI=1S/C19H18N4O/c1-14-8-6-7-11-16(14)20-19(24)17-12-13-18(22-21-17)23(2)15-9-4-3-5-10-15/h3-13H,1-2H3,(H,20,24). The van der Waals surface area contributed by atoms with Gasteiger partial charge in [-0.1, -0.05) is 36.4 Å². The van der Waals surface area contributed by atoms with E-state index in [4.69, 9.17) is 0 Å². The lowest BCUT2D eigenvalue weighted by Gasteiger charge is -2.17. The minimum atomic E-state index is -0.272. The molecule has 3 rings (SSSR count). The molecule has 0 atom stereocenters. The van der Waals surface area contributed by atoms with Gasteiger partial charge in [-0.05, 0) is 42.8 Å². The van der Waals surface area contributed by atoms with Crippen molar-refractivity contribution in [3.05, 3.63) is 78.0 Å². The molecular weight excluding hydrogens is 300 g/mol. The first kappa shape index (κ1) is 15.7. The second-order valence-corrected chi connectivity index (χ2v) is 5.44. The molecule has 0 saturated carbocycles. The summed E-state index contributed by atoms with van der Waals surface area (Å²) in [7, 11) is 1.91. The smallest absolute Gasteiger partial charge is 0.276 e. The number of hydrogen-bond acceptors (Lipinski definition) is 4. The van der Waals surface area contributed by atoms with Crippen molar-refractivity contribution in [1.82, 2.24) is 10.2 Å². The van der Waals surface area contributed by atoms with Crippen LogP contribution >= 0.6 is 0 Å². The van der Waals surface area contributed by atoms with Gasteiger partial charge in [0.2, 0.25) is 0 Å². The van der Waals surface area contributed by atoms with Crippen LogP contribution < -0.4 is 10.2 Å². The molecule has 0 aliphatic heterocycles. The Morgan fingerprint density at radius 1 is 0.917 bits per heavy atom. The number of para-hydroxylation sites is 2. The van der Waals surface area contributed by atoms with E-state index in [1.807, 2.05) is 73.5 Å². The van der Waals surface area contributed by atoms with Gasteiger partial charge in [0.05, 0.1) is 0 Å². The predicted molar refractivity (Wildman–Crippen MR) is 95.7 cm³/mol. The van der Waals surface area contributed by atoms with E-state index in [1.165, 1.54) is 0 Å². The maximum Gasteiger partial charge on any atom is 0.276 e. The maximum atomic E-state index is 12.3. The van der Waals surface area contributed by atoms with E-state index in [1.54, 1.807) is 12.1 Å². The summed E-state index contributed by atoms with van der Waals surface area (Å²) in [6, 6.07) is 20.9. The molecule has 120 valence electrons. The predicted octanol–water partition coefficient (Wildman–Crippen LogP) is 3.81. The van der Waals surface area contributed by atoms with E-state index in [2.05, 4.69) is 15.5 Å². The van der Waals surface area contributed by atoms with Crippen molar-refractivity contribution in [3.63, 3.8) is 0 Å². The highest BCUT2D eigenvalue weighted by Gasteiger charge is 2.11. The Bertz CT molecular complexity index is 832. The molecule has 1 heterocycles. The molecule has 0 aliphatic carbocycles. The number of hydrogen-bond donors (Lipinski definition) is 1. The van der Waals surface area contributed by atoms with Crippen LogP contribution in [0.1, 0.15) is 16.1 Å². The Balaban J connectivity index is 1.75. The van der Waals surface area contributed by atoms with Crippen molar-refractivity contribution in [2.45, 2.75) is 6.92 Å². The average Bonchev–Trinajstić information content (AvgIpc) is 2.64. The summed E-state index contributed by atoms with van der Waals surface area (Å²) in [4.78, 5) is 14.2. The summed E-state index contributed by atoms with van der Waals surface area (Å²) >= 11 is 0. The van der Waals surface area contributed by atoms with Gasteiger partial charge in [0.15, 0.2) is 11.5 Å². The number of aromatic nitrogens is 2. The lowest BCUT2D eigenvalue weighted by atomic mass is 10.2. The molecule has 0 fully saturated rings. The summed E-state index contributed by atoms with van der Waals surface area (Å²) in [5.74, 6) is 0.402. The van der Waals surface area contributed by atoms with E-state index < -0.39 is 0 Å². The van der Waals surface area contributed by atoms with E-state index in [-0.39, 0.29) is 11.6 Å². The van der Waals surface area contributed by atoms with Crippen LogP contribution in [0.15, 0.2) is 66.7 Å². The number of rotatable bonds is 4. The molecule has 0 unspecified atom stereocenters. The molecule has 0 saturated heterocycles. The molecule has 3 aromatic rings. The summed E-state index contributed by atoms with van der Waals surface area (Å²) in [5, 5.41) is 11.1. The fraction of sp³-hybridized carbons (Fsp3) is 0.105. The number of nitrogens with one attached hydrogen (secondary N) is 1. The average molecular weight is 318 g/mol. The Hall–Kier alpha value is -3.21. The molecule has 1 aromatic heterocycles. The van der Waals surface area contributed by atoms with E-state index >= 15 is 0 Å². The SMILES string of the molecule is Cc1ccccc1NC(=O)c1ccc(N(C)c2ccccc2)nn1. The zero-order valence-electron chi connectivity index (χ0n) is 13.6. The Morgan fingerprint density at radius 2 is 1.62 bits per heavy atom. The second-order valence-electron chi connectivity index (χ2n) is 5.44. The van der Waals surface area contributed by atoms with Gasteiger partial charge in [-0.2, -0.15) is 0 Å². The van der Waals surface area contributed by atoms with Crippen LogP contribution in [0.2, 0.25) is 0 Å². The topological polar surface area (TPSA) is 58.1 Å². The minimum Gasteiger partial charge on any atom is -0.328 e. The van der Waals surface area contributed by atoms with Crippen LogP contribution in [-0.2, 0) is 0 Å². The fourth-order valence-electron chi connectivity index (χ4n) is 2.31. The van der Waals surface area contributed by atoms with E-state index in [9.17, 15) is 4.79 Å². The third kappa shape index (κ3) is 3.41. The van der Waals surface area contributed by atoms with Gasteiger partial charge in [0, 0.05) is 18.4 Å². The van der Waals surface area contributed by atoms with Crippen molar-refractivity contribution in [2.75, 3.05) is 17.3 Å². The Kier molecular flexibility index (Phi) is 4.52. The van der Waals surface area contributed by atoms with Gasteiger partial charge in [0.25, 0.3) is 5.91 Å². The Labute approximate surface area is 141 Å². The third-order valence-corrected chi connectivity index (χ3v) is 3.76. The van der Waals surface area contributed by atoms with Gasteiger partial charge in [-0.3, -0.25) is 4.79 Å². The number of carbonyl (C=O) groups is 1. The van der Waals surface area contributed by atoms with Gasteiger partial charge in [-0.15, -0.1) is 10.2 Å². The molecule has 5 nitrogen and oxygen atoms in total. The summed E-state index contributed by atoms with van der Waals surface area (Å²) in [6.45, 7) is 1.94. The first-order valence-corrected chi connectivity index (χ1v) is 7.64. The zero-order chi connectivity index (χ0) is 16.9. The lowest BCUT2D eigenvalue weighted by Crippen LogP contribution is -2.17. The van der Waals surface area contributed by atoms with Crippen molar-refractivity contribution in [3.8, 4) is 0 Å². The molecular formula is C19H18N4O. The van der Waals surface area contributed by atoms with Crippen LogP contribution in [0.4, 0.5) is 17.2 Å². The molecule has 0 spiro atoms. The molecule has 1 amide bonds. The highest BCUT2D eigenvalue weighted by Crippen LogP contribution is 2.20. The van der Waals surface area contributed by atoms with Crippen molar-refractivity contribution in [1.29, 1.82) is 0 Å². The minimum absolute atomic E-state index is 0.272. The number of benzene rings is 2. The van der Waals surface area contributed by atoms with Gasteiger partial charge >= 0.3 is 0 Å². The second kappa shape index (κ2) is 6.91. The molecule has 2 aromatic carbocycles. The summed E-state index contributed by atoms with van der Waals surface area (Å²) in [6.07, 6.45) is 0. The fourth-order valence-corrected chi connectivity index (χ4v) is 2.31. The first-order valence-electron chi connectivity index (χ1n) is 7.64. The molecule has 5 heteroatoms. The highest BCUT2D eigenvalue weighted by molar-refractivity contribution is 6.03. The van der Waals surface area contributed by atoms with Crippen molar-refractivity contribution >= 4 is 23.1 Å². The monoisotopic (exact) mass is 318 g/mol. The third-order valence-electron chi connectivity index (χ3n) is 3.76. The maximum absolute atomic E-state index is 12.3. The molecule has 0 aliphatic rings. The number of aryl methyl sites for hydroxylation is 1. The summed E-state index contributed by atoms with van der Waals surface area (Å²) in [5.41, 5.74) is 3.06. The zero-order valence-corrected chi connectivity index (χ0v) is 13.6. The Morgan fingerprint density at radius 3 is 2.29 bits per heavy atom. The number of amides is 1. The van der Waals surface area contributed by atoms with Crippen molar-refractivity contribution in [2.24, 2.45) is 0 Å². The van der Waals surface area contributed by atoms with Crippen LogP contribution in [0, 0.1) is 6.92 Å². The molecule has 0 bridgehead atoms. The van der Waals surface area contributed by atoms with Crippen LogP contribution in [-0.4, -0.2) is 23.2 Å². The number of anilines is 3. The number of nitrogens with zero attached hydrogens (tertiary/aromatic N) is 3. The quantitative estimate of drug-likeness (QED) is 0.795. The molecule has 24 heavy (non-hydrogen) atoms. The van der Waals surface area contributed by atoms with E-state index in [0.717, 1.165) is 16.9 Å². The van der Waals surface area contributed by atoms with Crippen molar-refractivity contribution < 1.29 is 4.79 Å².